The second-order valence-corrected chi connectivity index (χ2v) is 6.31. The van der Waals surface area contributed by atoms with Gasteiger partial charge in [-0.25, -0.2) is 4.68 Å². The van der Waals surface area contributed by atoms with E-state index in [1.165, 1.54) is 0 Å². The fourth-order valence-corrected chi connectivity index (χ4v) is 2.08. The van der Waals surface area contributed by atoms with Crippen LogP contribution in [0, 0.1) is 0 Å². The maximum atomic E-state index is 5.96. The number of rotatable bonds is 4. The number of unbranched alkanes of at least 4 members (excludes halogenated alkanes) is 1. The van der Waals surface area contributed by atoms with E-state index in [0.717, 1.165) is 25.0 Å². The summed E-state index contributed by atoms with van der Waals surface area (Å²) >= 11 is 17.9. The topological polar surface area (TPSA) is 30.7 Å². The van der Waals surface area contributed by atoms with Crippen molar-refractivity contribution in [2.45, 2.75) is 49.9 Å². The minimum atomic E-state index is -1.46. The smallest absolute Gasteiger partial charge is 0.234 e. The molecule has 0 unspecified atom stereocenters. The SMILES string of the molecule is CCCCc1nnn(C(C)C)c1C(Cl)(Cl)Cl. The van der Waals surface area contributed by atoms with Crippen molar-refractivity contribution >= 4 is 34.8 Å². The standard InChI is InChI=1S/C10H16Cl3N3/c1-4-5-6-8-9(10(11,12)13)16(7(2)3)15-14-8/h7H,4-6H2,1-3H3. The number of aryl methyl sites for hydroxylation is 1. The predicted octanol–water partition coefficient (Wildman–Crippen LogP) is 4.03. The van der Waals surface area contributed by atoms with Crippen LogP contribution in [0.2, 0.25) is 0 Å². The summed E-state index contributed by atoms with van der Waals surface area (Å²) in [5.74, 6) is 0. The molecule has 1 aromatic heterocycles. The van der Waals surface area contributed by atoms with Crippen LogP contribution in [0.1, 0.15) is 51.0 Å². The number of halogens is 3. The average Bonchev–Trinajstić information content (AvgIpc) is 2.57. The third-order valence-corrected chi connectivity index (χ3v) is 2.83. The quantitative estimate of drug-likeness (QED) is 0.782. The van der Waals surface area contributed by atoms with Gasteiger partial charge in [-0.15, -0.1) is 5.10 Å². The van der Waals surface area contributed by atoms with E-state index in [2.05, 4.69) is 17.2 Å². The Balaban J connectivity index is 3.10. The summed E-state index contributed by atoms with van der Waals surface area (Å²) in [4.78, 5) is 0. The van der Waals surface area contributed by atoms with Crippen molar-refractivity contribution in [1.82, 2.24) is 15.0 Å². The molecule has 0 aliphatic rings. The second kappa shape index (κ2) is 5.56. The molecule has 0 aromatic carbocycles. The summed E-state index contributed by atoms with van der Waals surface area (Å²) in [6.45, 7) is 6.08. The molecule has 92 valence electrons. The first-order valence-electron chi connectivity index (χ1n) is 5.39. The van der Waals surface area contributed by atoms with E-state index in [1.807, 2.05) is 13.8 Å². The Labute approximate surface area is 111 Å². The van der Waals surface area contributed by atoms with Crippen molar-refractivity contribution in [1.29, 1.82) is 0 Å². The summed E-state index contributed by atoms with van der Waals surface area (Å²) in [6.07, 6.45) is 2.89. The Kier molecular flexibility index (Phi) is 4.89. The van der Waals surface area contributed by atoms with Gasteiger partial charge in [-0.2, -0.15) is 0 Å². The van der Waals surface area contributed by atoms with Crippen LogP contribution in [-0.4, -0.2) is 15.0 Å². The van der Waals surface area contributed by atoms with E-state index in [1.54, 1.807) is 4.68 Å². The maximum absolute atomic E-state index is 5.96. The zero-order valence-electron chi connectivity index (χ0n) is 9.67. The van der Waals surface area contributed by atoms with Gasteiger partial charge in [0.1, 0.15) is 5.69 Å². The highest BCUT2D eigenvalue weighted by molar-refractivity contribution is 6.66. The Morgan fingerprint density at radius 2 is 1.94 bits per heavy atom. The minimum absolute atomic E-state index is 0.133. The Bertz CT molecular complexity index is 342. The van der Waals surface area contributed by atoms with Gasteiger partial charge in [-0.05, 0) is 26.7 Å². The molecule has 1 aromatic rings. The summed E-state index contributed by atoms with van der Waals surface area (Å²) in [5, 5.41) is 8.15. The highest BCUT2D eigenvalue weighted by Crippen LogP contribution is 2.40. The molecule has 3 nitrogen and oxygen atoms in total. The molecular weight excluding hydrogens is 268 g/mol. The first-order valence-corrected chi connectivity index (χ1v) is 6.52. The monoisotopic (exact) mass is 283 g/mol. The van der Waals surface area contributed by atoms with Gasteiger partial charge in [0.05, 0.1) is 5.69 Å². The van der Waals surface area contributed by atoms with E-state index in [-0.39, 0.29) is 6.04 Å². The van der Waals surface area contributed by atoms with Crippen LogP contribution in [0.4, 0.5) is 0 Å². The second-order valence-electron chi connectivity index (χ2n) is 4.02. The van der Waals surface area contributed by atoms with Gasteiger partial charge in [-0.3, -0.25) is 0 Å². The summed E-state index contributed by atoms with van der Waals surface area (Å²) in [7, 11) is 0. The zero-order valence-corrected chi connectivity index (χ0v) is 11.9. The van der Waals surface area contributed by atoms with Crippen molar-refractivity contribution in [2.75, 3.05) is 0 Å². The van der Waals surface area contributed by atoms with Crippen molar-refractivity contribution in [3.05, 3.63) is 11.4 Å². The largest absolute Gasteiger partial charge is 0.242 e. The molecule has 0 spiro atoms. The Hall–Kier alpha value is 0.01000. The van der Waals surface area contributed by atoms with Gasteiger partial charge in [0, 0.05) is 6.04 Å². The van der Waals surface area contributed by atoms with Crippen LogP contribution < -0.4 is 0 Å². The van der Waals surface area contributed by atoms with Gasteiger partial charge in [-0.1, -0.05) is 53.4 Å². The minimum Gasteiger partial charge on any atom is -0.242 e. The molecule has 0 atom stereocenters. The fourth-order valence-electron chi connectivity index (χ4n) is 1.49. The van der Waals surface area contributed by atoms with Crippen molar-refractivity contribution in [2.24, 2.45) is 0 Å². The third kappa shape index (κ3) is 3.25. The van der Waals surface area contributed by atoms with E-state index in [0.29, 0.717) is 5.69 Å². The average molecular weight is 285 g/mol. The number of aromatic nitrogens is 3. The number of hydrogen-bond acceptors (Lipinski definition) is 2. The molecule has 0 N–H and O–H groups in total. The molecule has 0 saturated heterocycles. The molecule has 0 fully saturated rings. The van der Waals surface area contributed by atoms with E-state index in [9.17, 15) is 0 Å². The van der Waals surface area contributed by atoms with Crippen LogP contribution in [0.5, 0.6) is 0 Å². The van der Waals surface area contributed by atoms with Gasteiger partial charge in [0.25, 0.3) is 0 Å². The first-order chi connectivity index (χ1) is 7.38. The molecule has 0 aliphatic heterocycles. The lowest BCUT2D eigenvalue weighted by Gasteiger charge is -2.16. The molecular formula is C10H16Cl3N3. The molecule has 0 amide bonds. The first kappa shape index (κ1) is 14.1. The highest BCUT2D eigenvalue weighted by Gasteiger charge is 2.32. The molecule has 0 radical (unpaired) electrons. The third-order valence-electron chi connectivity index (χ3n) is 2.29. The Morgan fingerprint density at radius 1 is 1.31 bits per heavy atom. The molecule has 0 saturated carbocycles. The van der Waals surface area contributed by atoms with Crippen LogP contribution in [-0.2, 0) is 10.2 Å². The predicted molar refractivity (Wildman–Crippen MR) is 68.3 cm³/mol. The lowest BCUT2D eigenvalue weighted by molar-refractivity contribution is 0.496. The van der Waals surface area contributed by atoms with Gasteiger partial charge in [0.2, 0.25) is 3.79 Å². The highest BCUT2D eigenvalue weighted by atomic mass is 35.6. The van der Waals surface area contributed by atoms with Crippen molar-refractivity contribution < 1.29 is 0 Å². The lowest BCUT2D eigenvalue weighted by Crippen LogP contribution is -2.15. The van der Waals surface area contributed by atoms with E-state index >= 15 is 0 Å². The van der Waals surface area contributed by atoms with E-state index < -0.39 is 3.79 Å². The van der Waals surface area contributed by atoms with E-state index in [4.69, 9.17) is 34.8 Å². The molecule has 0 bridgehead atoms. The Morgan fingerprint density at radius 3 is 2.38 bits per heavy atom. The van der Waals surface area contributed by atoms with Gasteiger partial charge in [0.15, 0.2) is 0 Å². The fraction of sp³-hybridized carbons (Fsp3) is 0.800. The van der Waals surface area contributed by atoms with Gasteiger partial charge < -0.3 is 0 Å². The van der Waals surface area contributed by atoms with Crippen LogP contribution in [0.15, 0.2) is 0 Å². The normalized spacial score (nSPS) is 12.4. The number of hydrogen-bond donors (Lipinski definition) is 0. The zero-order chi connectivity index (χ0) is 12.3. The van der Waals surface area contributed by atoms with Crippen molar-refractivity contribution in [3.63, 3.8) is 0 Å². The summed E-state index contributed by atoms with van der Waals surface area (Å²) < 4.78 is 0.217. The maximum Gasteiger partial charge on any atom is 0.234 e. The number of alkyl halides is 3. The molecule has 1 heterocycles. The molecule has 0 aliphatic carbocycles. The lowest BCUT2D eigenvalue weighted by atomic mass is 10.1. The summed E-state index contributed by atoms with van der Waals surface area (Å²) in [6, 6.07) is 0.133. The van der Waals surface area contributed by atoms with Crippen LogP contribution >= 0.6 is 34.8 Å². The van der Waals surface area contributed by atoms with Crippen LogP contribution in [0.25, 0.3) is 0 Å². The molecule has 6 heteroatoms. The van der Waals surface area contributed by atoms with Crippen molar-refractivity contribution in [3.8, 4) is 0 Å². The molecule has 16 heavy (non-hydrogen) atoms. The summed E-state index contributed by atoms with van der Waals surface area (Å²) in [5.41, 5.74) is 1.39. The molecule has 1 rings (SSSR count). The number of nitrogens with zero attached hydrogens (tertiary/aromatic N) is 3. The van der Waals surface area contributed by atoms with Gasteiger partial charge >= 0.3 is 0 Å². The van der Waals surface area contributed by atoms with Crippen LogP contribution in [0.3, 0.4) is 0 Å².